The van der Waals surface area contributed by atoms with Crippen molar-refractivity contribution in [2.24, 2.45) is 0 Å². The molecule has 1 aromatic carbocycles. The minimum Gasteiger partial charge on any atom is -0.361 e. The van der Waals surface area contributed by atoms with Gasteiger partial charge in [0.25, 0.3) is 0 Å². The molecular formula is C20H19BrN6O. The number of nitrogens with zero attached hydrogens (tertiary/aromatic N) is 6. The van der Waals surface area contributed by atoms with Crippen LogP contribution in [0.1, 0.15) is 17.0 Å². The van der Waals surface area contributed by atoms with Crippen LogP contribution in [0, 0.1) is 20.8 Å². The molecule has 4 rings (SSSR count). The van der Waals surface area contributed by atoms with E-state index in [0.29, 0.717) is 5.82 Å². The molecule has 0 fully saturated rings. The SMILES string of the molecule is Cc1ccc(-c2c(C)noc2C)cc1N(C)c1cnc(-n2ccnn2)c(Br)c1. The highest BCUT2D eigenvalue weighted by Crippen LogP contribution is 2.35. The van der Waals surface area contributed by atoms with Gasteiger partial charge >= 0.3 is 0 Å². The van der Waals surface area contributed by atoms with E-state index in [0.717, 1.165) is 44.0 Å². The molecule has 7 nitrogen and oxygen atoms in total. The van der Waals surface area contributed by atoms with E-state index >= 15 is 0 Å². The molecule has 0 aliphatic heterocycles. The molecule has 28 heavy (non-hydrogen) atoms. The quantitative estimate of drug-likeness (QED) is 0.456. The average Bonchev–Trinajstić information content (AvgIpc) is 3.32. The monoisotopic (exact) mass is 438 g/mol. The molecule has 0 N–H and O–H groups in total. The summed E-state index contributed by atoms with van der Waals surface area (Å²) in [6.07, 6.45) is 5.20. The van der Waals surface area contributed by atoms with Gasteiger partial charge < -0.3 is 9.42 Å². The first-order valence-electron chi connectivity index (χ1n) is 8.75. The first kappa shape index (κ1) is 18.4. The van der Waals surface area contributed by atoms with E-state index < -0.39 is 0 Å². The van der Waals surface area contributed by atoms with Crippen molar-refractivity contribution in [3.05, 3.63) is 64.3 Å². The Hall–Kier alpha value is -3.00. The van der Waals surface area contributed by atoms with Gasteiger partial charge in [-0.2, -0.15) is 0 Å². The van der Waals surface area contributed by atoms with Crippen molar-refractivity contribution in [2.45, 2.75) is 20.8 Å². The number of benzene rings is 1. The summed E-state index contributed by atoms with van der Waals surface area (Å²) in [4.78, 5) is 6.66. The molecule has 0 saturated carbocycles. The van der Waals surface area contributed by atoms with Crippen LogP contribution in [0.4, 0.5) is 11.4 Å². The smallest absolute Gasteiger partial charge is 0.169 e. The van der Waals surface area contributed by atoms with Crippen LogP contribution in [-0.2, 0) is 0 Å². The van der Waals surface area contributed by atoms with Crippen molar-refractivity contribution >= 4 is 27.3 Å². The molecule has 4 aromatic rings. The van der Waals surface area contributed by atoms with Crippen LogP contribution in [0.15, 0.2) is 51.9 Å². The molecule has 0 spiro atoms. The molecule has 0 amide bonds. The van der Waals surface area contributed by atoms with E-state index in [1.165, 1.54) is 0 Å². The second-order valence-corrected chi connectivity index (χ2v) is 7.46. The topological polar surface area (TPSA) is 72.9 Å². The first-order valence-corrected chi connectivity index (χ1v) is 9.55. The van der Waals surface area contributed by atoms with E-state index in [1.54, 1.807) is 17.1 Å². The van der Waals surface area contributed by atoms with Gasteiger partial charge in [0.05, 0.1) is 34.4 Å². The molecule has 3 aromatic heterocycles. The summed E-state index contributed by atoms with van der Waals surface area (Å²) in [7, 11) is 2.03. The van der Waals surface area contributed by atoms with Crippen molar-refractivity contribution in [3.8, 4) is 16.9 Å². The average molecular weight is 439 g/mol. The first-order chi connectivity index (χ1) is 13.5. The largest absolute Gasteiger partial charge is 0.361 e. The molecule has 3 heterocycles. The zero-order valence-corrected chi connectivity index (χ0v) is 17.6. The third-order valence-electron chi connectivity index (χ3n) is 4.73. The molecule has 0 aliphatic rings. The number of hydrogen-bond donors (Lipinski definition) is 0. The Bertz CT molecular complexity index is 1120. The minimum absolute atomic E-state index is 0.691. The summed E-state index contributed by atoms with van der Waals surface area (Å²) in [5.41, 5.74) is 6.20. The molecule has 0 radical (unpaired) electrons. The van der Waals surface area contributed by atoms with E-state index in [1.807, 2.05) is 33.2 Å². The lowest BCUT2D eigenvalue weighted by Gasteiger charge is -2.23. The molecule has 0 saturated heterocycles. The van der Waals surface area contributed by atoms with Crippen molar-refractivity contribution in [2.75, 3.05) is 11.9 Å². The fraction of sp³-hybridized carbons (Fsp3) is 0.200. The Morgan fingerprint density at radius 1 is 1.14 bits per heavy atom. The van der Waals surface area contributed by atoms with E-state index in [9.17, 15) is 0 Å². The molecule has 8 heteroatoms. The third kappa shape index (κ3) is 3.20. The standard InChI is InChI=1S/C20H19BrN6O/c1-12-5-6-15(19-13(2)24-28-14(19)3)9-18(12)26(4)16-10-17(21)20(22-11-16)27-8-7-23-25-27/h5-11H,1-4H3. The van der Waals surface area contributed by atoms with Gasteiger partial charge in [-0.25, -0.2) is 9.67 Å². The van der Waals surface area contributed by atoms with Crippen molar-refractivity contribution in [1.29, 1.82) is 0 Å². The highest BCUT2D eigenvalue weighted by molar-refractivity contribution is 9.10. The predicted octanol–water partition coefficient (Wildman–Crippen LogP) is 4.77. The van der Waals surface area contributed by atoms with Crippen LogP contribution >= 0.6 is 15.9 Å². The molecule has 0 bridgehead atoms. The van der Waals surface area contributed by atoms with Crippen LogP contribution in [0.2, 0.25) is 0 Å². The van der Waals surface area contributed by atoms with E-state index in [4.69, 9.17) is 4.52 Å². The van der Waals surface area contributed by atoms with Gasteiger partial charge in [-0.15, -0.1) is 5.10 Å². The minimum atomic E-state index is 0.691. The Labute approximate surface area is 171 Å². The summed E-state index contributed by atoms with van der Waals surface area (Å²) in [5, 5.41) is 11.9. The number of aryl methyl sites for hydroxylation is 3. The summed E-state index contributed by atoms with van der Waals surface area (Å²) >= 11 is 3.59. The van der Waals surface area contributed by atoms with Gasteiger partial charge in [-0.3, -0.25) is 0 Å². The van der Waals surface area contributed by atoms with E-state index in [2.05, 4.69) is 66.4 Å². The van der Waals surface area contributed by atoms with Gasteiger partial charge in [0.2, 0.25) is 0 Å². The maximum Gasteiger partial charge on any atom is 0.169 e. The van der Waals surface area contributed by atoms with Crippen LogP contribution in [0.25, 0.3) is 16.9 Å². The van der Waals surface area contributed by atoms with Gasteiger partial charge in [0.15, 0.2) is 5.82 Å². The second-order valence-electron chi connectivity index (χ2n) is 6.61. The van der Waals surface area contributed by atoms with Gasteiger partial charge in [-0.1, -0.05) is 22.5 Å². The lowest BCUT2D eigenvalue weighted by Crippen LogP contribution is -2.12. The number of anilines is 2. The normalized spacial score (nSPS) is 11.0. The molecule has 0 unspecified atom stereocenters. The predicted molar refractivity (Wildman–Crippen MR) is 111 cm³/mol. The fourth-order valence-corrected chi connectivity index (χ4v) is 3.77. The van der Waals surface area contributed by atoms with Crippen LogP contribution in [0.3, 0.4) is 0 Å². The molecule has 142 valence electrons. The number of halogens is 1. The number of hydrogen-bond acceptors (Lipinski definition) is 6. The van der Waals surface area contributed by atoms with Crippen molar-refractivity contribution in [1.82, 2.24) is 25.1 Å². The van der Waals surface area contributed by atoms with Gasteiger partial charge in [0.1, 0.15) is 5.76 Å². The fourth-order valence-electron chi connectivity index (χ4n) is 3.25. The second kappa shape index (κ2) is 7.20. The molecule has 0 aliphatic carbocycles. The zero-order chi connectivity index (χ0) is 19.8. The molecule has 0 atom stereocenters. The number of aromatic nitrogens is 5. The maximum atomic E-state index is 5.34. The van der Waals surface area contributed by atoms with Crippen molar-refractivity contribution < 1.29 is 4.52 Å². The maximum absolute atomic E-state index is 5.34. The summed E-state index contributed by atoms with van der Waals surface area (Å²) in [6.45, 7) is 5.98. The Kier molecular flexibility index (Phi) is 4.72. The Morgan fingerprint density at radius 3 is 2.61 bits per heavy atom. The zero-order valence-electron chi connectivity index (χ0n) is 16.0. The van der Waals surface area contributed by atoms with Crippen LogP contribution in [0.5, 0.6) is 0 Å². The Balaban J connectivity index is 1.73. The van der Waals surface area contributed by atoms with Crippen LogP contribution < -0.4 is 4.90 Å². The highest BCUT2D eigenvalue weighted by Gasteiger charge is 2.16. The van der Waals surface area contributed by atoms with Crippen LogP contribution in [-0.4, -0.2) is 32.2 Å². The van der Waals surface area contributed by atoms with E-state index in [-0.39, 0.29) is 0 Å². The molecular weight excluding hydrogens is 420 g/mol. The summed E-state index contributed by atoms with van der Waals surface area (Å²) in [5.74, 6) is 1.51. The van der Waals surface area contributed by atoms with Gasteiger partial charge in [-0.05, 0) is 60.0 Å². The Morgan fingerprint density at radius 2 is 1.96 bits per heavy atom. The number of pyridine rings is 1. The lowest BCUT2D eigenvalue weighted by atomic mass is 10.0. The highest BCUT2D eigenvalue weighted by atomic mass is 79.9. The third-order valence-corrected chi connectivity index (χ3v) is 5.31. The number of rotatable bonds is 4. The summed E-state index contributed by atoms with van der Waals surface area (Å²) < 4.78 is 7.79. The summed E-state index contributed by atoms with van der Waals surface area (Å²) in [6, 6.07) is 8.38. The van der Waals surface area contributed by atoms with Gasteiger partial charge in [0, 0.05) is 18.3 Å². The van der Waals surface area contributed by atoms with Crippen molar-refractivity contribution in [3.63, 3.8) is 0 Å². The lowest BCUT2D eigenvalue weighted by molar-refractivity contribution is 0.393.